The number of carbonyl (C=O) groups excluding carboxylic acids is 1. The van der Waals surface area contributed by atoms with Crippen molar-refractivity contribution in [1.29, 1.82) is 0 Å². The maximum Gasteiger partial charge on any atom is 0.221 e. The second-order valence-electron chi connectivity index (χ2n) is 6.34. The molecule has 0 aliphatic rings. The van der Waals surface area contributed by atoms with Gasteiger partial charge in [0.15, 0.2) is 5.96 Å². The Bertz CT molecular complexity index is 793. The normalized spacial score (nSPS) is 12.2. The first kappa shape index (κ1) is 21.2. The summed E-state index contributed by atoms with van der Waals surface area (Å²) in [6.45, 7) is 7.13. The van der Waals surface area contributed by atoms with Crippen molar-refractivity contribution in [2.45, 2.75) is 33.4 Å². The summed E-state index contributed by atoms with van der Waals surface area (Å²) in [4.78, 5) is 15.8. The van der Waals surface area contributed by atoms with Crippen molar-refractivity contribution < 1.29 is 13.9 Å². The number of nitrogens with zero attached hydrogens (tertiary/aromatic N) is 1. The molecule has 0 aliphatic carbocycles. The van der Waals surface area contributed by atoms with Crippen molar-refractivity contribution >= 4 is 17.6 Å². The summed E-state index contributed by atoms with van der Waals surface area (Å²) in [5, 5.41) is 9.20. The fourth-order valence-corrected chi connectivity index (χ4v) is 2.49. The Morgan fingerprint density at radius 2 is 1.93 bits per heavy atom. The number of rotatable bonds is 8. The summed E-state index contributed by atoms with van der Waals surface area (Å²) >= 11 is 0. The number of halogens is 1. The van der Waals surface area contributed by atoms with Crippen LogP contribution < -0.4 is 20.7 Å². The van der Waals surface area contributed by atoms with Crippen molar-refractivity contribution in [1.82, 2.24) is 10.6 Å². The summed E-state index contributed by atoms with van der Waals surface area (Å²) in [5.74, 6) is 0.891. The summed E-state index contributed by atoms with van der Waals surface area (Å²) in [6, 6.07) is 13.5. The Morgan fingerprint density at radius 1 is 1.18 bits per heavy atom. The third-order valence-electron chi connectivity index (χ3n) is 3.72. The van der Waals surface area contributed by atoms with E-state index in [1.165, 1.54) is 19.1 Å². The van der Waals surface area contributed by atoms with Gasteiger partial charge in [-0.05, 0) is 55.8 Å². The molecule has 6 nitrogen and oxygen atoms in total. The van der Waals surface area contributed by atoms with E-state index in [9.17, 15) is 9.18 Å². The first-order valence-corrected chi connectivity index (χ1v) is 9.27. The highest BCUT2D eigenvalue weighted by molar-refractivity contribution is 5.88. The van der Waals surface area contributed by atoms with Gasteiger partial charge in [0.05, 0.1) is 13.1 Å². The molecule has 7 heteroatoms. The van der Waals surface area contributed by atoms with E-state index in [4.69, 9.17) is 4.74 Å². The Balaban J connectivity index is 1.90. The lowest BCUT2D eigenvalue weighted by Crippen LogP contribution is -2.41. The molecule has 0 aliphatic heterocycles. The van der Waals surface area contributed by atoms with Crippen molar-refractivity contribution in [3.8, 4) is 5.75 Å². The number of nitrogens with one attached hydrogen (secondary N) is 3. The molecule has 1 unspecified atom stereocenters. The van der Waals surface area contributed by atoms with Gasteiger partial charge >= 0.3 is 0 Å². The number of guanidine groups is 1. The van der Waals surface area contributed by atoms with Gasteiger partial charge in [0.25, 0.3) is 0 Å². The van der Waals surface area contributed by atoms with Gasteiger partial charge in [-0.15, -0.1) is 0 Å². The summed E-state index contributed by atoms with van der Waals surface area (Å²) in [6.07, 6.45) is -0.127. The molecule has 28 heavy (non-hydrogen) atoms. The number of amides is 1. The monoisotopic (exact) mass is 386 g/mol. The van der Waals surface area contributed by atoms with Gasteiger partial charge in [-0.25, -0.2) is 9.38 Å². The van der Waals surface area contributed by atoms with Crippen LogP contribution >= 0.6 is 0 Å². The second-order valence-corrected chi connectivity index (χ2v) is 6.34. The smallest absolute Gasteiger partial charge is 0.221 e. The Kier molecular flexibility index (Phi) is 8.27. The molecule has 2 rings (SSSR count). The molecule has 0 saturated heterocycles. The lowest BCUT2D eigenvalue weighted by atomic mass is 10.2. The average molecular weight is 386 g/mol. The van der Waals surface area contributed by atoms with E-state index in [-0.39, 0.29) is 17.8 Å². The van der Waals surface area contributed by atoms with Gasteiger partial charge in [-0.3, -0.25) is 4.79 Å². The van der Waals surface area contributed by atoms with Gasteiger partial charge in [0.1, 0.15) is 17.7 Å². The Morgan fingerprint density at radius 3 is 2.61 bits per heavy atom. The summed E-state index contributed by atoms with van der Waals surface area (Å²) in [7, 11) is 0. The molecule has 1 amide bonds. The highest BCUT2D eigenvalue weighted by atomic mass is 19.1. The van der Waals surface area contributed by atoms with Crippen LogP contribution in [-0.4, -0.2) is 31.1 Å². The van der Waals surface area contributed by atoms with Crippen LogP contribution in [0.25, 0.3) is 0 Å². The summed E-state index contributed by atoms with van der Waals surface area (Å²) in [5.41, 5.74) is 1.73. The lowest BCUT2D eigenvalue weighted by molar-refractivity contribution is -0.114. The third-order valence-corrected chi connectivity index (χ3v) is 3.72. The van der Waals surface area contributed by atoms with Crippen LogP contribution in [0.3, 0.4) is 0 Å². The number of benzene rings is 2. The van der Waals surface area contributed by atoms with Crippen LogP contribution in [0.1, 0.15) is 26.3 Å². The predicted molar refractivity (Wildman–Crippen MR) is 110 cm³/mol. The molecule has 0 spiro atoms. The molecule has 150 valence electrons. The maximum absolute atomic E-state index is 13.0. The topological polar surface area (TPSA) is 74.8 Å². The molecule has 3 N–H and O–H groups in total. The number of hydrogen-bond donors (Lipinski definition) is 3. The molecule has 2 aromatic carbocycles. The highest BCUT2D eigenvalue weighted by Gasteiger charge is 2.06. The zero-order chi connectivity index (χ0) is 20.4. The van der Waals surface area contributed by atoms with Crippen LogP contribution in [0.2, 0.25) is 0 Å². The first-order chi connectivity index (χ1) is 13.5. The molecule has 1 atom stereocenters. The van der Waals surface area contributed by atoms with E-state index in [2.05, 4.69) is 20.9 Å². The minimum Gasteiger partial charge on any atom is -0.489 e. The zero-order valence-electron chi connectivity index (χ0n) is 16.5. The van der Waals surface area contributed by atoms with E-state index < -0.39 is 0 Å². The van der Waals surface area contributed by atoms with Crippen molar-refractivity contribution in [2.75, 3.05) is 18.4 Å². The van der Waals surface area contributed by atoms with E-state index in [0.717, 1.165) is 17.8 Å². The van der Waals surface area contributed by atoms with E-state index in [1.54, 1.807) is 12.1 Å². The number of hydrogen-bond acceptors (Lipinski definition) is 3. The second kappa shape index (κ2) is 10.9. The van der Waals surface area contributed by atoms with Gasteiger partial charge in [0, 0.05) is 19.2 Å². The number of anilines is 1. The molecule has 0 bridgehead atoms. The standard InChI is InChI=1S/C21H27FN4O2/c1-4-23-21(24-13-15(2)28-20-10-8-18(22)9-11-20)25-14-17-6-5-7-19(12-17)26-16(3)27/h5-12,15H,4,13-14H2,1-3H3,(H,26,27)(H2,23,24,25). The summed E-state index contributed by atoms with van der Waals surface area (Å²) < 4.78 is 18.7. The maximum atomic E-state index is 13.0. The molecule has 0 saturated carbocycles. The fourth-order valence-electron chi connectivity index (χ4n) is 2.49. The minimum absolute atomic E-state index is 0.106. The Labute approximate surface area is 165 Å². The first-order valence-electron chi connectivity index (χ1n) is 9.27. The minimum atomic E-state index is -0.290. The average Bonchev–Trinajstić information content (AvgIpc) is 2.65. The van der Waals surface area contributed by atoms with E-state index in [0.29, 0.717) is 24.8 Å². The van der Waals surface area contributed by atoms with Crippen LogP contribution in [0.4, 0.5) is 10.1 Å². The van der Waals surface area contributed by atoms with Crippen LogP contribution in [-0.2, 0) is 11.3 Å². The number of aliphatic imine (C=N–C) groups is 1. The molecule has 0 aromatic heterocycles. The molecule has 0 fully saturated rings. The Hall–Kier alpha value is -3.09. The van der Waals surface area contributed by atoms with Crippen molar-refractivity contribution in [2.24, 2.45) is 4.99 Å². The molecule has 2 aromatic rings. The van der Waals surface area contributed by atoms with Gasteiger partial charge in [-0.1, -0.05) is 12.1 Å². The molecular formula is C21H27FN4O2. The largest absolute Gasteiger partial charge is 0.489 e. The highest BCUT2D eigenvalue weighted by Crippen LogP contribution is 2.13. The van der Waals surface area contributed by atoms with Crippen LogP contribution in [0.5, 0.6) is 5.75 Å². The lowest BCUT2D eigenvalue weighted by Gasteiger charge is -2.17. The molecule has 0 radical (unpaired) electrons. The van der Waals surface area contributed by atoms with E-state index >= 15 is 0 Å². The van der Waals surface area contributed by atoms with Gasteiger partial charge in [-0.2, -0.15) is 0 Å². The van der Waals surface area contributed by atoms with E-state index in [1.807, 2.05) is 38.1 Å². The quantitative estimate of drug-likeness (QED) is 0.481. The van der Waals surface area contributed by atoms with Gasteiger partial charge < -0.3 is 20.7 Å². The van der Waals surface area contributed by atoms with Crippen LogP contribution in [0, 0.1) is 5.82 Å². The predicted octanol–water partition coefficient (Wildman–Crippen LogP) is 3.31. The fraction of sp³-hybridized carbons (Fsp3) is 0.333. The third kappa shape index (κ3) is 7.65. The SMILES string of the molecule is CCNC(=NCc1cccc(NC(C)=O)c1)NCC(C)Oc1ccc(F)cc1. The molecular weight excluding hydrogens is 359 g/mol. The molecule has 0 heterocycles. The number of ether oxygens (including phenoxy) is 1. The van der Waals surface area contributed by atoms with Crippen molar-refractivity contribution in [3.63, 3.8) is 0 Å². The zero-order valence-corrected chi connectivity index (χ0v) is 16.5. The van der Waals surface area contributed by atoms with Crippen molar-refractivity contribution in [3.05, 3.63) is 59.9 Å². The number of carbonyl (C=O) groups is 1. The van der Waals surface area contributed by atoms with Gasteiger partial charge in [0.2, 0.25) is 5.91 Å². The van der Waals surface area contributed by atoms with Crippen LogP contribution in [0.15, 0.2) is 53.5 Å².